The van der Waals surface area contributed by atoms with E-state index < -0.39 is 90.0 Å². The highest BCUT2D eigenvalue weighted by Gasteiger charge is 2.41. The molecule has 0 aliphatic carbocycles. The van der Waals surface area contributed by atoms with E-state index in [0.717, 1.165) is 19.3 Å². The zero-order valence-corrected chi connectivity index (χ0v) is 30.0. The molecule has 0 radical (unpaired) electrons. The minimum atomic E-state index is -1.50. The highest BCUT2D eigenvalue weighted by molar-refractivity contribution is 5.94. The Morgan fingerprint density at radius 3 is 1.72 bits per heavy atom. The maximum absolute atomic E-state index is 13.7. The van der Waals surface area contributed by atoms with E-state index in [1.165, 1.54) is 65.7 Å². The smallest absolute Gasteiger partial charge is 0.332 e. The number of aliphatic hydroxyl groups excluding tert-OH is 2. The predicted octanol–water partition coefficient (Wildman–Crippen LogP) is 3.69. The van der Waals surface area contributed by atoms with Crippen molar-refractivity contribution in [2.24, 2.45) is 17.8 Å². The van der Waals surface area contributed by atoms with Crippen LogP contribution in [0.3, 0.4) is 0 Å². The minimum absolute atomic E-state index is 0.399. The lowest BCUT2D eigenvalue weighted by Gasteiger charge is -2.33. The molecule has 1 aliphatic rings. The predicted molar refractivity (Wildman–Crippen MR) is 179 cm³/mol. The van der Waals surface area contributed by atoms with Gasteiger partial charge in [-0.2, -0.15) is 0 Å². The van der Waals surface area contributed by atoms with Crippen LogP contribution in [0.2, 0.25) is 0 Å². The lowest BCUT2D eigenvalue weighted by molar-refractivity contribution is -0.166. The van der Waals surface area contributed by atoms with Crippen molar-refractivity contribution in [1.29, 1.82) is 0 Å². The number of amides is 3. The summed E-state index contributed by atoms with van der Waals surface area (Å²) in [4.78, 5) is 65.4. The molecule has 3 unspecified atom stereocenters. The molecule has 1 aliphatic heterocycles. The van der Waals surface area contributed by atoms with Gasteiger partial charge in [0, 0.05) is 12.8 Å². The summed E-state index contributed by atoms with van der Waals surface area (Å²) in [5.74, 6) is -5.84. The summed E-state index contributed by atoms with van der Waals surface area (Å²) >= 11 is 0. The molecule has 0 saturated carbocycles. The zero-order chi connectivity index (χ0) is 35.7. The largest absolute Gasteiger partial charge is 0.460 e. The van der Waals surface area contributed by atoms with Gasteiger partial charge >= 0.3 is 11.9 Å². The fraction of sp³-hybridized carbons (Fsp3) is 0.857. The van der Waals surface area contributed by atoms with Crippen LogP contribution in [0, 0.1) is 17.8 Å². The van der Waals surface area contributed by atoms with Crippen molar-refractivity contribution in [1.82, 2.24) is 16.0 Å². The summed E-state index contributed by atoms with van der Waals surface area (Å²) in [5, 5.41) is 29.4. The second-order valence-electron chi connectivity index (χ2n) is 13.7. The molecule has 47 heavy (non-hydrogen) atoms. The van der Waals surface area contributed by atoms with Crippen molar-refractivity contribution in [2.45, 2.75) is 175 Å². The van der Waals surface area contributed by atoms with Crippen molar-refractivity contribution < 1.29 is 43.7 Å². The Bertz CT molecular complexity index is 989. The van der Waals surface area contributed by atoms with E-state index >= 15 is 0 Å². The molecular formula is C35H63N3O9. The van der Waals surface area contributed by atoms with Crippen LogP contribution in [0.4, 0.5) is 0 Å². The standard InChI is InChI=1S/C35H63N3O9/c1-9-10-11-12-13-14-15-16-17-18-19-20-27-22(4)31(41)23(5)32(42)36-28(21(2)3)33(43)37-29(24(6)39)34(44)38-30(35(45)47-27)25(7)46-26(8)40/h21-25,27-31,39,41H,9-20H2,1-8H3,(H,36,42)(H,37,43)(H,38,44)/t22-,23+,24+,25+,27?,28?,29-,30?,31+/m0/s1. The molecular weight excluding hydrogens is 606 g/mol. The number of carbonyl (C=O) groups is 5. The fourth-order valence-corrected chi connectivity index (χ4v) is 5.90. The van der Waals surface area contributed by atoms with Crippen molar-refractivity contribution in [3.63, 3.8) is 0 Å². The second-order valence-corrected chi connectivity index (χ2v) is 13.7. The molecule has 1 heterocycles. The molecule has 9 atom stereocenters. The van der Waals surface area contributed by atoms with Gasteiger partial charge in [0.15, 0.2) is 6.04 Å². The van der Waals surface area contributed by atoms with Crippen LogP contribution in [0.15, 0.2) is 0 Å². The van der Waals surface area contributed by atoms with Gasteiger partial charge in [0.1, 0.15) is 24.3 Å². The van der Waals surface area contributed by atoms with Crippen LogP contribution >= 0.6 is 0 Å². The number of carbonyl (C=O) groups excluding carboxylic acids is 5. The van der Waals surface area contributed by atoms with Gasteiger partial charge in [-0.1, -0.05) is 98.8 Å². The van der Waals surface area contributed by atoms with Gasteiger partial charge in [-0.25, -0.2) is 4.79 Å². The summed E-state index contributed by atoms with van der Waals surface area (Å²) < 4.78 is 11.2. The molecule has 3 amide bonds. The molecule has 1 saturated heterocycles. The molecule has 272 valence electrons. The molecule has 5 N–H and O–H groups in total. The van der Waals surface area contributed by atoms with Crippen LogP contribution in [0.25, 0.3) is 0 Å². The number of esters is 2. The summed E-state index contributed by atoms with van der Waals surface area (Å²) in [6.07, 6.45) is 8.28. The zero-order valence-electron chi connectivity index (χ0n) is 30.0. The molecule has 12 nitrogen and oxygen atoms in total. The van der Waals surface area contributed by atoms with Crippen LogP contribution in [-0.2, 0) is 33.4 Å². The van der Waals surface area contributed by atoms with Crippen LogP contribution < -0.4 is 16.0 Å². The van der Waals surface area contributed by atoms with Gasteiger partial charge in [-0.05, 0) is 32.6 Å². The Labute approximate surface area is 281 Å². The molecule has 0 aromatic heterocycles. The first-order valence-electron chi connectivity index (χ1n) is 17.8. The number of rotatable bonds is 16. The Hall–Kier alpha value is -2.73. The third kappa shape index (κ3) is 14.9. The Kier molecular flexibility index (Phi) is 19.8. The molecule has 0 bridgehead atoms. The van der Waals surface area contributed by atoms with Gasteiger partial charge in [-0.15, -0.1) is 0 Å². The van der Waals surface area contributed by atoms with Gasteiger partial charge < -0.3 is 35.6 Å². The molecule has 0 aromatic rings. The highest BCUT2D eigenvalue weighted by Crippen LogP contribution is 2.25. The Morgan fingerprint density at radius 1 is 0.766 bits per heavy atom. The first-order valence-corrected chi connectivity index (χ1v) is 17.8. The monoisotopic (exact) mass is 669 g/mol. The maximum atomic E-state index is 13.7. The van der Waals surface area contributed by atoms with E-state index in [1.54, 1.807) is 27.7 Å². The van der Waals surface area contributed by atoms with E-state index in [4.69, 9.17) is 9.47 Å². The van der Waals surface area contributed by atoms with Crippen molar-refractivity contribution in [2.75, 3.05) is 0 Å². The topological polar surface area (TPSA) is 180 Å². The quantitative estimate of drug-likeness (QED) is 0.121. The van der Waals surface area contributed by atoms with Gasteiger partial charge in [0.05, 0.1) is 18.1 Å². The summed E-state index contributed by atoms with van der Waals surface area (Å²) in [5.41, 5.74) is 0. The average molecular weight is 670 g/mol. The van der Waals surface area contributed by atoms with E-state index in [9.17, 15) is 34.2 Å². The van der Waals surface area contributed by atoms with E-state index in [2.05, 4.69) is 22.9 Å². The Balaban J connectivity index is 3.26. The van der Waals surface area contributed by atoms with Crippen LogP contribution in [-0.4, -0.2) is 82.4 Å². The maximum Gasteiger partial charge on any atom is 0.332 e. The first kappa shape index (κ1) is 42.3. The number of hydrogen-bond donors (Lipinski definition) is 5. The number of aliphatic hydroxyl groups is 2. The minimum Gasteiger partial charge on any atom is -0.460 e. The molecule has 0 spiro atoms. The first-order chi connectivity index (χ1) is 22.1. The molecule has 12 heteroatoms. The normalized spacial score (nSPS) is 27.9. The highest BCUT2D eigenvalue weighted by atomic mass is 16.6. The second kappa shape index (κ2) is 22.0. The number of unbranched alkanes of at least 4 members (excludes halogenated alkanes) is 10. The van der Waals surface area contributed by atoms with E-state index in [0.29, 0.717) is 12.8 Å². The SMILES string of the molecule is CCCCCCCCCCCCCC1OC(=O)C([C@@H](C)OC(C)=O)NC(=O)[C@H]([C@@H](C)O)NC(=O)C(C(C)C)NC(=O)[C@H](C)[C@H](O)[C@H]1C. The average Bonchev–Trinajstić information content (AvgIpc) is 3.00. The van der Waals surface area contributed by atoms with E-state index in [-0.39, 0.29) is 0 Å². The summed E-state index contributed by atoms with van der Waals surface area (Å²) in [6.45, 7) is 12.8. The summed E-state index contributed by atoms with van der Waals surface area (Å²) in [6, 6.07) is -4.05. The van der Waals surface area contributed by atoms with Gasteiger partial charge in [-0.3, -0.25) is 19.2 Å². The van der Waals surface area contributed by atoms with Crippen LogP contribution in [0.5, 0.6) is 0 Å². The van der Waals surface area contributed by atoms with Gasteiger partial charge in [0.2, 0.25) is 17.7 Å². The fourth-order valence-electron chi connectivity index (χ4n) is 5.90. The van der Waals surface area contributed by atoms with E-state index in [1.807, 2.05) is 0 Å². The number of ether oxygens (including phenoxy) is 2. The van der Waals surface area contributed by atoms with Crippen molar-refractivity contribution >= 4 is 29.7 Å². The number of cyclic esters (lactones) is 1. The van der Waals surface area contributed by atoms with Crippen LogP contribution in [0.1, 0.15) is 132 Å². The number of nitrogens with one attached hydrogen (secondary N) is 3. The molecule has 0 aromatic carbocycles. The van der Waals surface area contributed by atoms with Crippen molar-refractivity contribution in [3.05, 3.63) is 0 Å². The number of hydrogen-bond acceptors (Lipinski definition) is 9. The lowest BCUT2D eigenvalue weighted by Crippen LogP contribution is -2.61. The van der Waals surface area contributed by atoms with Gasteiger partial charge in [0.25, 0.3) is 0 Å². The molecule has 1 rings (SSSR count). The third-order valence-corrected chi connectivity index (χ3v) is 9.09. The third-order valence-electron chi connectivity index (χ3n) is 9.09. The summed E-state index contributed by atoms with van der Waals surface area (Å²) in [7, 11) is 0. The molecule has 1 fully saturated rings. The lowest BCUT2D eigenvalue weighted by atomic mass is 9.86. The van der Waals surface area contributed by atoms with Crippen molar-refractivity contribution in [3.8, 4) is 0 Å². The Morgan fingerprint density at radius 2 is 1.23 bits per heavy atom.